The average molecular weight is 501 g/mol. The summed E-state index contributed by atoms with van der Waals surface area (Å²) in [5, 5.41) is 16.5. The van der Waals surface area contributed by atoms with Gasteiger partial charge in [-0.2, -0.15) is 18.4 Å². The number of anilines is 2. The molecule has 0 amide bonds. The number of carbonyl (C=O) groups is 1. The number of nitrogens with one attached hydrogen (secondary N) is 2. The molecule has 0 fully saturated rings. The Morgan fingerprint density at radius 1 is 1.22 bits per heavy atom. The number of rotatable bonds is 10. The average Bonchev–Trinajstić information content (AvgIpc) is 2.88. The Kier molecular flexibility index (Phi) is 10.7. The fourth-order valence-electron chi connectivity index (χ4n) is 3.07. The molecule has 2 aromatic carbocycles. The highest BCUT2D eigenvalue weighted by Gasteiger charge is 2.29. The minimum atomic E-state index is -4.47. The van der Waals surface area contributed by atoms with E-state index in [0.717, 1.165) is 22.9 Å². The summed E-state index contributed by atoms with van der Waals surface area (Å²) < 4.78 is 47.7. The van der Waals surface area contributed by atoms with Crippen LogP contribution in [-0.2, 0) is 9.53 Å². The Morgan fingerprint density at radius 2 is 1.97 bits per heavy atom. The van der Waals surface area contributed by atoms with Gasteiger partial charge >= 0.3 is 6.18 Å². The number of nitrogens with zero attached hydrogens (tertiary/aromatic N) is 2. The van der Waals surface area contributed by atoms with E-state index < -0.39 is 12.8 Å². The monoisotopic (exact) mass is 500 g/mol. The first-order valence-corrected chi connectivity index (χ1v) is 10.9. The zero-order chi connectivity index (χ0) is 26.6. The first kappa shape index (κ1) is 28.1. The number of fused-ring (bicyclic) bond motifs is 1. The highest BCUT2D eigenvalue weighted by atomic mass is 19.4. The van der Waals surface area contributed by atoms with Gasteiger partial charge in [0.2, 0.25) is 0 Å². The summed E-state index contributed by atoms with van der Waals surface area (Å²) in [6, 6.07) is 14.3. The standard InChI is InChI=1S/C22H19F3N4O.C4H8O2/c1-14(11-26)12-29-21-18-9-16(19-10-17(27-2)7-8-28-19)4-3-15(18)5-6-20(21)30-13-22(23,24)25;1-6-4-2-3-5/h3-10,29H,1,12-13H2,2H3,(H,27,28);3H,2,4H2,1H3. The van der Waals surface area contributed by atoms with Crippen LogP contribution in [0.25, 0.3) is 22.0 Å². The van der Waals surface area contributed by atoms with Crippen LogP contribution in [0.3, 0.4) is 0 Å². The van der Waals surface area contributed by atoms with Gasteiger partial charge in [0.25, 0.3) is 0 Å². The lowest BCUT2D eigenvalue weighted by atomic mass is 10.0. The normalized spacial score (nSPS) is 10.6. The molecule has 1 heterocycles. The molecule has 36 heavy (non-hydrogen) atoms. The number of hydrogen-bond donors (Lipinski definition) is 2. The highest BCUT2D eigenvalue weighted by Crippen LogP contribution is 2.37. The predicted octanol–water partition coefficient (Wildman–Crippen LogP) is 5.60. The third-order valence-electron chi connectivity index (χ3n) is 4.80. The molecule has 1 aromatic heterocycles. The number of aromatic nitrogens is 1. The van der Waals surface area contributed by atoms with Gasteiger partial charge in [-0.05, 0) is 29.7 Å². The largest absolute Gasteiger partial charge is 0.482 e. The zero-order valence-electron chi connectivity index (χ0n) is 20.0. The molecule has 3 aromatic rings. The lowest BCUT2D eigenvalue weighted by molar-refractivity contribution is -0.153. The molecule has 190 valence electrons. The number of aldehydes is 1. The fraction of sp³-hybridized carbons (Fsp3) is 0.269. The van der Waals surface area contributed by atoms with Crippen molar-refractivity contribution in [3.63, 3.8) is 0 Å². The Balaban J connectivity index is 0.000000678. The van der Waals surface area contributed by atoms with Gasteiger partial charge in [-0.15, -0.1) is 0 Å². The molecule has 3 rings (SSSR count). The predicted molar refractivity (Wildman–Crippen MR) is 134 cm³/mol. The maximum Gasteiger partial charge on any atom is 0.422 e. The van der Waals surface area contributed by atoms with Crippen molar-refractivity contribution in [1.29, 1.82) is 5.26 Å². The van der Waals surface area contributed by atoms with Gasteiger partial charge in [0.05, 0.1) is 24.1 Å². The number of pyridine rings is 1. The smallest absolute Gasteiger partial charge is 0.422 e. The quantitative estimate of drug-likeness (QED) is 0.213. The molecular formula is C26H27F3N4O3. The van der Waals surface area contributed by atoms with Gasteiger partial charge in [-0.3, -0.25) is 4.98 Å². The number of methoxy groups -OCH3 is 1. The lowest BCUT2D eigenvalue weighted by Gasteiger charge is -2.17. The van der Waals surface area contributed by atoms with Crippen LogP contribution < -0.4 is 15.4 Å². The zero-order valence-corrected chi connectivity index (χ0v) is 20.0. The molecule has 10 heteroatoms. The van der Waals surface area contributed by atoms with Crippen LogP contribution in [0.2, 0.25) is 0 Å². The third-order valence-corrected chi connectivity index (χ3v) is 4.80. The second kappa shape index (κ2) is 13.7. The second-order valence-electron chi connectivity index (χ2n) is 7.48. The molecule has 0 saturated heterocycles. The molecule has 0 aliphatic carbocycles. The van der Waals surface area contributed by atoms with E-state index in [9.17, 15) is 18.0 Å². The Hall–Kier alpha value is -4.10. The lowest BCUT2D eigenvalue weighted by Crippen LogP contribution is -2.20. The van der Waals surface area contributed by atoms with Gasteiger partial charge in [0.15, 0.2) is 6.61 Å². The van der Waals surface area contributed by atoms with E-state index in [-0.39, 0.29) is 17.9 Å². The van der Waals surface area contributed by atoms with Crippen molar-refractivity contribution >= 4 is 28.4 Å². The molecule has 0 saturated carbocycles. The van der Waals surface area contributed by atoms with E-state index in [0.29, 0.717) is 29.8 Å². The van der Waals surface area contributed by atoms with Crippen LogP contribution in [0.15, 0.2) is 60.8 Å². The summed E-state index contributed by atoms with van der Waals surface area (Å²) in [5.41, 5.74) is 2.98. The highest BCUT2D eigenvalue weighted by molar-refractivity contribution is 5.99. The number of alkyl halides is 3. The first-order valence-electron chi connectivity index (χ1n) is 10.9. The number of halogens is 3. The SMILES string of the molecule is C=C(C#N)CNc1c(OCC(F)(F)F)ccc2ccc(-c3cc(NC)ccn3)cc12.COCCC=O. The van der Waals surface area contributed by atoms with Crippen molar-refractivity contribution in [3.05, 3.63) is 60.8 Å². The number of nitriles is 1. The molecule has 0 spiro atoms. The number of hydrogen-bond acceptors (Lipinski definition) is 7. The summed E-state index contributed by atoms with van der Waals surface area (Å²) in [6.07, 6.45) is -1.45. The van der Waals surface area contributed by atoms with Crippen LogP contribution in [0.4, 0.5) is 24.5 Å². The molecule has 0 aliphatic heterocycles. The van der Waals surface area contributed by atoms with Crippen molar-refractivity contribution in [1.82, 2.24) is 4.98 Å². The van der Waals surface area contributed by atoms with E-state index in [4.69, 9.17) is 10.00 Å². The van der Waals surface area contributed by atoms with Gasteiger partial charge < -0.3 is 24.9 Å². The molecule has 0 radical (unpaired) electrons. The van der Waals surface area contributed by atoms with Crippen molar-refractivity contribution in [2.45, 2.75) is 12.6 Å². The van der Waals surface area contributed by atoms with E-state index in [1.807, 2.05) is 36.4 Å². The summed E-state index contributed by atoms with van der Waals surface area (Å²) in [7, 11) is 3.37. The van der Waals surface area contributed by atoms with Crippen LogP contribution in [0, 0.1) is 11.3 Å². The molecule has 0 atom stereocenters. The molecule has 0 bridgehead atoms. The Bertz CT molecular complexity index is 1220. The number of benzene rings is 2. The van der Waals surface area contributed by atoms with Crippen LogP contribution in [0.1, 0.15) is 6.42 Å². The topological polar surface area (TPSA) is 96.3 Å². The van der Waals surface area contributed by atoms with Crippen LogP contribution >= 0.6 is 0 Å². The minimum absolute atomic E-state index is 0.0413. The minimum Gasteiger partial charge on any atom is -0.482 e. The van der Waals surface area contributed by atoms with E-state index in [2.05, 4.69) is 26.9 Å². The van der Waals surface area contributed by atoms with Gasteiger partial charge in [0, 0.05) is 55.5 Å². The second-order valence-corrected chi connectivity index (χ2v) is 7.48. The van der Waals surface area contributed by atoms with Gasteiger partial charge in [-0.25, -0.2) is 0 Å². The van der Waals surface area contributed by atoms with Crippen molar-refractivity contribution in [3.8, 4) is 23.1 Å². The summed E-state index contributed by atoms with van der Waals surface area (Å²) in [5.74, 6) is 0.0413. The molecule has 7 nitrogen and oxygen atoms in total. The molecule has 2 N–H and O–H groups in total. The van der Waals surface area contributed by atoms with E-state index in [1.165, 1.54) is 6.07 Å². The fourth-order valence-corrected chi connectivity index (χ4v) is 3.07. The number of carbonyl (C=O) groups excluding carboxylic acids is 1. The summed E-state index contributed by atoms with van der Waals surface area (Å²) >= 11 is 0. The number of ether oxygens (including phenoxy) is 2. The van der Waals surface area contributed by atoms with E-state index in [1.54, 1.807) is 26.4 Å². The summed E-state index contributed by atoms with van der Waals surface area (Å²) in [6.45, 7) is 2.81. The van der Waals surface area contributed by atoms with Crippen LogP contribution in [0.5, 0.6) is 5.75 Å². The van der Waals surface area contributed by atoms with Gasteiger partial charge in [0.1, 0.15) is 12.0 Å². The molecule has 0 unspecified atom stereocenters. The summed E-state index contributed by atoms with van der Waals surface area (Å²) in [4.78, 5) is 13.9. The Morgan fingerprint density at radius 3 is 2.58 bits per heavy atom. The van der Waals surface area contributed by atoms with Gasteiger partial charge in [-0.1, -0.05) is 24.8 Å². The van der Waals surface area contributed by atoms with Crippen molar-refractivity contribution in [2.24, 2.45) is 0 Å². The van der Waals surface area contributed by atoms with Crippen molar-refractivity contribution in [2.75, 3.05) is 44.5 Å². The third kappa shape index (κ3) is 8.60. The van der Waals surface area contributed by atoms with E-state index >= 15 is 0 Å². The van der Waals surface area contributed by atoms with Crippen LogP contribution in [-0.4, -0.2) is 51.4 Å². The molecular weight excluding hydrogens is 473 g/mol. The maximum atomic E-state index is 12.7. The first-order chi connectivity index (χ1) is 17.2. The maximum absolute atomic E-state index is 12.7. The van der Waals surface area contributed by atoms with Crippen molar-refractivity contribution < 1.29 is 27.4 Å². The Labute approximate surface area is 207 Å². The molecule has 0 aliphatic rings.